The number of allylic oxidation sites excluding steroid dienone is 1. The maximum atomic E-state index is 9.64. The molecule has 1 aliphatic heterocycles. The SMILES string of the molecule is CCCCCOc1ccc(C2C(C#N)=C(N)Oc3n[nH]c(C)c32)cc1OC. The van der Waals surface area contributed by atoms with Gasteiger partial charge in [-0.25, -0.2) is 0 Å². The van der Waals surface area contributed by atoms with Crippen molar-refractivity contribution in [3.63, 3.8) is 0 Å². The van der Waals surface area contributed by atoms with Crippen LogP contribution in [0.2, 0.25) is 0 Å². The summed E-state index contributed by atoms with van der Waals surface area (Å²) in [6, 6.07) is 7.85. The molecule has 0 saturated heterocycles. The average molecular weight is 368 g/mol. The Bertz CT molecular complexity index is 895. The predicted molar refractivity (Wildman–Crippen MR) is 101 cm³/mol. The smallest absolute Gasteiger partial charge is 0.244 e. The van der Waals surface area contributed by atoms with Gasteiger partial charge in [0.05, 0.1) is 19.6 Å². The first-order valence-electron chi connectivity index (χ1n) is 9.03. The number of nitriles is 1. The van der Waals surface area contributed by atoms with Gasteiger partial charge in [0.2, 0.25) is 11.8 Å². The van der Waals surface area contributed by atoms with Gasteiger partial charge in [-0.05, 0) is 31.0 Å². The number of nitrogens with two attached hydrogens (primary N) is 1. The molecule has 7 heteroatoms. The van der Waals surface area contributed by atoms with Crippen molar-refractivity contribution in [2.45, 2.75) is 39.0 Å². The summed E-state index contributed by atoms with van der Waals surface area (Å²) < 4.78 is 16.9. The Kier molecular flexibility index (Phi) is 5.55. The summed E-state index contributed by atoms with van der Waals surface area (Å²) in [5.74, 6) is 1.40. The molecule has 0 amide bonds. The molecule has 1 aromatic carbocycles. The lowest BCUT2D eigenvalue weighted by Crippen LogP contribution is -2.21. The van der Waals surface area contributed by atoms with Crippen LogP contribution in [0.4, 0.5) is 0 Å². The third kappa shape index (κ3) is 3.56. The van der Waals surface area contributed by atoms with E-state index in [0.717, 1.165) is 36.1 Å². The zero-order chi connectivity index (χ0) is 19.4. The number of aryl methyl sites for hydroxylation is 1. The summed E-state index contributed by atoms with van der Waals surface area (Å²) in [5, 5.41) is 16.7. The molecule has 142 valence electrons. The third-order valence-corrected chi connectivity index (χ3v) is 4.66. The second-order valence-corrected chi connectivity index (χ2v) is 6.46. The van der Waals surface area contributed by atoms with Gasteiger partial charge in [0.15, 0.2) is 11.5 Å². The molecule has 2 heterocycles. The van der Waals surface area contributed by atoms with E-state index in [4.69, 9.17) is 19.9 Å². The maximum Gasteiger partial charge on any atom is 0.244 e. The number of aromatic amines is 1. The van der Waals surface area contributed by atoms with Gasteiger partial charge in [-0.15, -0.1) is 5.10 Å². The Balaban J connectivity index is 1.97. The molecule has 0 aliphatic carbocycles. The van der Waals surface area contributed by atoms with E-state index in [9.17, 15) is 5.26 Å². The highest BCUT2D eigenvalue weighted by molar-refractivity contribution is 5.57. The largest absolute Gasteiger partial charge is 0.493 e. The number of ether oxygens (including phenoxy) is 3. The van der Waals surface area contributed by atoms with Crippen molar-refractivity contribution in [1.82, 2.24) is 10.2 Å². The van der Waals surface area contributed by atoms with Gasteiger partial charge in [-0.1, -0.05) is 25.8 Å². The highest BCUT2D eigenvalue weighted by Gasteiger charge is 2.34. The van der Waals surface area contributed by atoms with Gasteiger partial charge in [-0.2, -0.15) is 5.26 Å². The minimum absolute atomic E-state index is 0.0698. The molecule has 3 N–H and O–H groups in total. The second kappa shape index (κ2) is 8.04. The number of fused-ring (bicyclic) bond motifs is 1. The van der Waals surface area contributed by atoms with Crippen LogP contribution in [0.1, 0.15) is 48.9 Å². The molecule has 0 fully saturated rings. The third-order valence-electron chi connectivity index (χ3n) is 4.66. The number of aromatic nitrogens is 2. The van der Waals surface area contributed by atoms with Crippen molar-refractivity contribution in [2.24, 2.45) is 5.73 Å². The Morgan fingerprint density at radius 2 is 2.15 bits per heavy atom. The Labute approximate surface area is 158 Å². The molecule has 27 heavy (non-hydrogen) atoms. The normalized spacial score (nSPS) is 15.7. The lowest BCUT2D eigenvalue weighted by molar-refractivity contribution is 0.286. The van der Waals surface area contributed by atoms with Gasteiger partial charge < -0.3 is 19.9 Å². The van der Waals surface area contributed by atoms with Crippen LogP contribution in [0, 0.1) is 18.3 Å². The van der Waals surface area contributed by atoms with Gasteiger partial charge in [0.25, 0.3) is 0 Å². The van der Waals surface area contributed by atoms with Crippen molar-refractivity contribution in [3.8, 4) is 23.4 Å². The summed E-state index contributed by atoms with van der Waals surface area (Å²) in [7, 11) is 1.60. The number of hydrogen-bond acceptors (Lipinski definition) is 6. The zero-order valence-electron chi connectivity index (χ0n) is 15.8. The van der Waals surface area contributed by atoms with Crippen molar-refractivity contribution < 1.29 is 14.2 Å². The number of methoxy groups -OCH3 is 1. The van der Waals surface area contributed by atoms with Crippen molar-refractivity contribution in [1.29, 1.82) is 5.26 Å². The molecule has 1 aliphatic rings. The van der Waals surface area contributed by atoms with E-state index in [2.05, 4.69) is 23.2 Å². The molecule has 1 atom stereocenters. The lowest BCUT2D eigenvalue weighted by Gasteiger charge is -2.24. The van der Waals surface area contributed by atoms with Gasteiger partial charge in [-0.3, -0.25) is 5.10 Å². The van der Waals surface area contributed by atoms with E-state index in [1.54, 1.807) is 7.11 Å². The first-order valence-corrected chi connectivity index (χ1v) is 9.03. The highest BCUT2D eigenvalue weighted by Crippen LogP contribution is 2.44. The first-order chi connectivity index (χ1) is 13.1. The van der Waals surface area contributed by atoms with Gasteiger partial charge in [0, 0.05) is 11.3 Å². The molecular weight excluding hydrogens is 344 g/mol. The fourth-order valence-electron chi connectivity index (χ4n) is 3.25. The highest BCUT2D eigenvalue weighted by atomic mass is 16.5. The molecule has 3 rings (SSSR count). The van der Waals surface area contributed by atoms with E-state index < -0.39 is 0 Å². The Morgan fingerprint density at radius 1 is 1.33 bits per heavy atom. The monoisotopic (exact) mass is 368 g/mol. The lowest BCUT2D eigenvalue weighted by atomic mass is 9.84. The summed E-state index contributed by atoms with van der Waals surface area (Å²) in [6.07, 6.45) is 3.26. The topological polar surface area (TPSA) is 106 Å². The zero-order valence-corrected chi connectivity index (χ0v) is 15.8. The summed E-state index contributed by atoms with van der Waals surface area (Å²) in [4.78, 5) is 0. The minimum atomic E-state index is -0.374. The van der Waals surface area contributed by atoms with E-state index >= 15 is 0 Å². The number of unbranched alkanes of at least 4 members (excludes halogenated alkanes) is 2. The van der Waals surface area contributed by atoms with E-state index in [1.807, 2.05) is 25.1 Å². The molecule has 0 spiro atoms. The summed E-state index contributed by atoms with van der Waals surface area (Å²) in [5.41, 5.74) is 8.81. The number of hydrogen-bond donors (Lipinski definition) is 2. The standard InChI is InChI=1S/C20H24N4O3/c1-4-5-6-9-26-15-8-7-13(10-16(15)25-3)18-14(11-21)19(22)27-20-17(18)12(2)23-24-20/h7-8,10,18H,4-6,9,22H2,1-3H3,(H,23,24). The number of H-pyrrole nitrogens is 1. The van der Waals surface area contributed by atoms with Crippen LogP contribution in [-0.2, 0) is 0 Å². The quantitative estimate of drug-likeness (QED) is 0.724. The van der Waals surface area contributed by atoms with Gasteiger partial charge in [0.1, 0.15) is 11.6 Å². The van der Waals surface area contributed by atoms with Crippen molar-refractivity contribution in [3.05, 3.63) is 46.5 Å². The number of benzene rings is 1. The summed E-state index contributed by atoms with van der Waals surface area (Å²) >= 11 is 0. The average Bonchev–Trinajstić information content (AvgIpc) is 3.04. The van der Waals surface area contributed by atoms with E-state index in [0.29, 0.717) is 29.6 Å². The van der Waals surface area contributed by atoms with Crippen LogP contribution in [0.3, 0.4) is 0 Å². The first kappa shape index (κ1) is 18.6. The molecule has 1 aromatic heterocycles. The van der Waals surface area contributed by atoms with Crippen LogP contribution in [0.25, 0.3) is 0 Å². The van der Waals surface area contributed by atoms with Crippen LogP contribution in [0.5, 0.6) is 17.4 Å². The van der Waals surface area contributed by atoms with Crippen molar-refractivity contribution in [2.75, 3.05) is 13.7 Å². The van der Waals surface area contributed by atoms with E-state index in [-0.39, 0.29) is 11.8 Å². The molecule has 7 nitrogen and oxygen atoms in total. The van der Waals surface area contributed by atoms with Crippen LogP contribution < -0.4 is 19.9 Å². The fraction of sp³-hybridized carbons (Fsp3) is 0.400. The van der Waals surface area contributed by atoms with Gasteiger partial charge >= 0.3 is 0 Å². The Morgan fingerprint density at radius 3 is 2.85 bits per heavy atom. The number of nitrogens with zero attached hydrogens (tertiary/aromatic N) is 2. The van der Waals surface area contributed by atoms with Crippen LogP contribution in [0.15, 0.2) is 29.7 Å². The molecule has 1 unspecified atom stereocenters. The van der Waals surface area contributed by atoms with E-state index in [1.165, 1.54) is 0 Å². The molecule has 2 aromatic rings. The number of nitrogens with one attached hydrogen (secondary N) is 1. The minimum Gasteiger partial charge on any atom is -0.493 e. The fourth-order valence-corrected chi connectivity index (χ4v) is 3.25. The Hall–Kier alpha value is -3.14. The maximum absolute atomic E-state index is 9.64. The van der Waals surface area contributed by atoms with Crippen molar-refractivity contribution >= 4 is 0 Å². The predicted octanol–water partition coefficient (Wildman–Crippen LogP) is 3.51. The van der Waals surface area contributed by atoms with Crippen LogP contribution >= 0.6 is 0 Å². The second-order valence-electron chi connectivity index (χ2n) is 6.46. The number of rotatable bonds is 7. The molecule has 0 bridgehead atoms. The molecular formula is C20H24N4O3. The summed E-state index contributed by atoms with van der Waals surface area (Å²) in [6.45, 7) is 4.69. The van der Waals surface area contributed by atoms with Crippen LogP contribution in [-0.4, -0.2) is 23.9 Å². The molecule has 0 radical (unpaired) electrons. The molecule has 0 saturated carbocycles.